The van der Waals surface area contributed by atoms with Gasteiger partial charge >= 0.3 is 0 Å². The van der Waals surface area contributed by atoms with E-state index in [0.29, 0.717) is 12.3 Å². The Labute approximate surface area is 158 Å². The first-order chi connectivity index (χ1) is 13.3. The van der Waals surface area contributed by atoms with Gasteiger partial charge < -0.3 is 9.64 Å². The molecule has 0 spiro atoms. The predicted molar refractivity (Wildman–Crippen MR) is 102 cm³/mol. The van der Waals surface area contributed by atoms with E-state index in [9.17, 15) is 4.79 Å². The van der Waals surface area contributed by atoms with Gasteiger partial charge in [0, 0.05) is 12.2 Å². The average Bonchev–Trinajstić information content (AvgIpc) is 3.23. The zero-order valence-electron chi connectivity index (χ0n) is 15.1. The number of hydrogen-bond donors (Lipinski definition) is 0. The zero-order chi connectivity index (χ0) is 18.5. The van der Waals surface area contributed by atoms with Gasteiger partial charge in [0.25, 0.3) is 5.91 Å². The number of likely N-dealkylation sites (tertiary alicyclic amines) is 1. The van der Waals surface area contributed by atoms with E-state index in [1.165, 1.54) is 0 Å². The maximum absolute atomic E-state index is 12.9. The average molecular weight is 362 g/mol. The highest BCUT2D eigenvalue weighted by atomic mass is 16.5. The van der Waals surface area contributed by atoms with Crippen LogP contribution in [0.3, 0.4) is 0 Å². The predicted octanol–water partition coefficient (Wildman–Crippen LogP) is 3.40. The number of amides is 1. The van der Waals surface area contributed by atoms with E-state index in [0.717, 1.165) is 30.8 Å². The molecule has 4 rings (SSSR count). The molecule has 0 saturated carbocycles. The summed E-state index contributed by atoms with van der Waals surface area (Å²) in [4.78, 5) is 14.8. The van der Waals surface area contributed by atoms with Gasteiger partial charge in [-0.15, -0.1) is 10.2 Å². The van der Waals surface area contributed by atoms with Crippen LogP contribution in [0.5, 0.6) is 5.75 Å². The molecule has 0 bridgehead atoms. The summed E-state index contributed by atoms with van der Waals surface area (Å²) in [6.07, 6.45) is 4.65. The molecule has 2 heterocycles. The Morgan fingerprint density at radius 3 is 2.56 bits per heavy atom. The molecule has 138 valence electrons. The second-order valence-electron chi connectivity index (χ2n) is 6.60. The summed E-state index contributed by atoms with van der Waals surface area (Å²) in [5.41, 5.74) is 0.996. The van der Waals surface area contributed by atoms with E-state index >= 15 is 0 Å². The first kappa shape index (κ1) is 17.3. The summed E-state index contributed by atoms with van der Waals surface area (Å²) in [5.74, 6) is 1.48. The second-order valence-corrected chi connectivity index (χ2v) is 6.60. The Bertz CT molecular complexity index is 879. The summed E-state index contributed by atoms with van der Waals surface area (Å²) >= 11 is 0. The van der Waals surface area contributed by atoms with E-state index in [1.54, 1.807) is 6.33 Å². The summed E-state index contributed by atoms with van der Waals surface area (Å²) in [6.45, 7) is 0.739. The molecule has 1 fully saturated rings. The number of aromatic nitrogens is 3. The molecule has 2 aromatic carbocycles. The zero-order valence-corrected chi connectivity index (χ0v) is 15.1. The standard InChI is InChI=1S/C21H22N4O2/c26-20(15-27-18-11-5-2-6-12-18)24-14-8-7-13-19(24)21-23-22-16-25(21)17-9-3-1-4-10-17/h1-6,9-12,16,19H,7-8,13-15H2. The number of piperidine rings is 1. The van der Waals surface area contributed by atoms with Crippen LogP contribution in [0, 0.1) is 0 Å². The molecule has 0 N–H and O–H groups in total. The lowest BCUT2D eigenvalue weighted by molar-refractivity contribution is -0.137. The van der Waals surface area contributed by atoms with E-state index in [2.05, 4.69) is 10.2 Å². The Hall–Kier alpha value is -3.15. The van der Waals surface area contributed by atoms with Crippen molar-refractivity contribution in [3.05, 3.63) is 72.8 Å². The number of rotatable bonds is 5. The van der Waals surface area contributed by atoms with Gasteiger partial charge in [-0.3, -0.25) is 9.36 Å². The highest BCUT2D eigenvalue weighted by Gasteiger charge is 2.31. The lowest BCUT2D eigenvalue weighted by Gasteiger charge is -2.35. The van der Waals surface area contributed by atoms with Crippen LogP contribution in [0.15, 0.2) is 67.0 Å². The van der Waals surface area contributed by atoms with Crippen molar-refractivity contribution in [2.45, 2.75) is 25.3 Å². The molecule has 0 radical (unpaired) electrons. The van der Waals surface area contributed by atoms with Gasteiger partial charge in [-0.25, -0.2) is 0 Å². The third kappa shape index (κ3) is 3.84. The molecule has 1 amide bonds. The molecular weight excluding hydrogens is 340 g/mol. The molecule has 1 aromatic heterocycles. The highest BCUT2D eigenvalue weighted by Crippen LogP contribution is 2.31. The molecule has 1 saturated heterocycles. The van der Waals surface area contributed by atoms with Crippen LogP contribution in [-0.2, 0) is 4.79 Å². The van der Waals surface area contributed by atoms with Crippen molar-refractivity contribution >= 4 is 5.91 Å². The van der Waals surface area contributed by atoms with E-state index in [4.69, 9.17) is 4.74 Å². The third-order valence-corrected chi connectivity index (χ3v) is 4.84. The van der Waals surface area contributed by atoms with Crippen molar-refractivity contribution in [1.29, 1.82) is 0 Å². The summed E-state index contributed by atoms with van der Waals surface area (Å²) < 4.78 is 7.63. The van der Waals surface area contributed by atoms with Crippen molar-refractivity contribution < 1.29 is 9.53 Å². The minimum absolute atomic E-state index is 0.0221. The molecule has 1 aliphatic rings. The number of ether oxygens (including phenoxy) is 1. The molecule has 1 atom stereocenters. The SMILES string of the molecule is O=C(COc1ccccc1)N1CCCCC1c1nncn1-c1ccccc1. The molecule has 1 aliphatic heterocycles. The van der Waals surface area contributed by atoms with Gasteiger partial charge in [-0.2, -0.15) is 0 Å². The monoisotopic (exact) mass is 362 g/mol. The van der Waals surface area contributed by atoms with Gasteiger partial charge in [0.15, 0.2) is 12.4 Å². The summed E-state index contributed by atoms with van der Waals surface area (Å²) in [7, 11) is 0. The molecule has 1 unspecified atom stereocenters. The molecular formula is C21H22N4O2. The van der Waals surface area contributed by atoms with Crippen molar-refractivity contribution in [3.63, 3.8) is 0 Å². The minimum atomic E-state index is -0.0895. The number of para-hydroxylation sites is 2. The van der Waals surface area contributed by atoms with E-state index in [-0.39, 0.29) is 18.6 Å². The minimum Gasteiger partial charge on any atom is -0.484 e. The molecule has 6 nitrogen and oxygen atoms in total. The van der Waals surface area contributed by atoms with Crippen LogP contribution in [0.25, 0.3) is 5.69 Å². The molecule has 3 aromatic rings. The Morgan fingerprint density at radius 1 is 1.04 bits per heavy atom. The smallest absolute Gasteiger partial charge is 0.261 e. The Morgan fingerprint density at radius 2 is 1.78 bits per heavy atom. The Kier molecular flexibility index (Phi) is 5.14. The first-order valence-electron chi connectivity index (χ1n) is 9.25. The number of hydrogen-bond acceptors (Lipinski definition) is 4. The largest absolute Gasteiger partial charge is 0.484 e. The molecule has 0 aliphatic carbocycles. The van der Waals surface area contributed by atoms with Crippen molar-refractivity contribution in [1.82, 2.24) is 19.7 Å². The van der Waals surface area contributed by atoms with Crippen molar-refractivity contribution in [2.75, 3.05) is 13.2 Å². The van der Waals surface area contributed by atoms with Gasteiger partial charge in [0.05, 0.1) is 6.04 Å². The number of carbonyl (C=O) groups is 1. The van der Waals surface area contributed by atoms with Crippen molar-refractivity contribution in [2.24, 2.45) is 0 Å². The van der Waals surface area contributed by atoms with Crippen molar-refractivity contribution in [3.8, 4) is 11.4 Å². The highest BCUT2D eigenvalue weighted by molar-refractivity contribution is 5.78. The van der Waals surface area contributed by atoms with E-state index < -0.39 is 0 Å². The summed E-state index contributed by atoms with van der Waals surface area (Å²) in [6, 6.07) is 19.3. The topological polar surface area (TPSA) is 60.2 Å². The second kappa shape index (κ2) is 8.03. The fourth-order valence-corrected chi connectivity index (χ4v) is 3.50. The quantitative estimate of drug-likeness (QED) is 0.698. The lowest BCUT2D eigenvalue weighted by Crippen LogP contribution is -2.42. The molecule has 27 heavy (non-hydrogen) atoms. The lowest BCUT2D eigenvalue weighted by atomic mass is 10.0. The Balaban J connectivity index is 1.53. The number of carbonyl (C=O) groups excluding carboxylic acids is 1. The maximum Gasteiger partial charge on any atom is 0.261 e. The van der Waals surface area contributed by atoms with Crippen LogP contribution in [0.4, 0.5) is 0 Å². The number of nitrogens with zero attached hydrogens (tertiary/aromatic N) is 4. The maximum atomic E-state index is 12.9. The first-order valence-corrected chi connectivity index (χ1v) is 9.25. The van der Waals surface area contributed by atoms with E-state index in [1.807, 2.05) is 70.1 Å². The van der Waals surface area contributed by atoms with Gasteiger partial charge in [0.2, 0.25) is 0 Å². The van der Waals surface area contributed by atoms with Crippen LogP contribution >= 0.6 is 0 Å². The van der Waals surface area contributed by atoms with Gasteiger partial charge in [0.1, 0.15) is 12.1 Å². The van der Waals surface area contributed by atoms with Crippen LogP contribution in [0.2, 0.25) is 0 Å². The fourth-order valence-electron chi connectivity index (χ4n) is 3.50. The van der Waals surface area contributed by atoms with Gasteiger partial charge in [-0.05, 0) is 43.5 Å². The van der Waals surface area contributed by atoms with Crippen LogP contribution < -0.4 is 4.74 Å². The van der Waals surface area contributed by atoms with Crippen LogP contribution in [-0.4, -0.2) is 38.7 Å². The normalized spacial score (nSPS) is 16.9. The summed E-state index contributed by atoms with van der Waals surface area (Å²) in [5, 5.41) is 8.45. The van der Waals surface area contributed by atoms with Crippen LogP contribution in [0.1, 0.15) is 31.1 Å². The fraction of sp³-hybridized carbons (Fsp3) is 0.286. The number of benzene rings is 2. The van der Waals surface area contributed by atoms with Gasteiger partial charge in [-0.1, -0.05) is 36.4 Å². The third-order valence-electron chi connectivity index (χ3n) is 4.84. The molecule has 6 heteroatoms.